The third kappa shape index (κ3) is 4.14. The van der Waals surface area contributed by atoms with Crippen molar-refractivity contribution < 1.29 is 4.79 Å². The van der Waals surface area contributed by atoms with Gasteiger partial charge in [0.25, 0.3) is 0 Å². The van der Waals surface area contributed by atoms with E-state index in [0.717, 1.165) is 17.9 Å². The maximum absolute atomic E-state index is 12.2. The lowest BCUT2D eigenvalue weighted by Crippen LogP contribution is -2.51. The van der Waals surface area contributed by atoms with E-state index >= 15 is 0 Å². The van der Waals surface area contributed by atoms with E-state index in [1.54, 1.807) is 0 Å². The smallest absolute Gasteiger partial charge is 0.221 e. The molecule has 5 heteroatoms. The first-order chi connectivity index (χ1) is 11.1. The van der Waals surface area contributed by atoms with Gasteiger partial charge in [0, 0.05) is 31.2 Å². The van der Waals surface area contributed by atoms with Crippen LogP contribution < -0.4 is 5.32 Å². The Kier molecular flexibility index (Phi) is 5.36. The quantitative estimate of drug-likeness (QED) is 0.906. The summed E-state index contributed by atoms with van der Waals surface area (Å²) in [5.74, 6) is 0.798. The van der Waals surface area contributed by atoms with Gasteiger partial charge in [-0.1, -0.05) is 6.42 Å². The Morgan fingerprint density at radius 2 is 2.09 bits per heavy atom. The number of nitrogens with one attached hydrogen (secondary N) is 1. The Bertz CT molecular complexity index is 537. The SMILES string of the molecule is Cc1cc(C)n(CCC(=O)NC[C@H]2CCCN3CCCC[C@@H]23)n1. The van der Waals surface area contributed by atoms with Crippen molar-refractivity contribution >= 4 is 5.91 Å². The van der Waals surface area contributed by atoms with Crippen LogP contribution >= 0.6 is 0 Å². The molecule has 0 bridgehead atoms. The second kappa shape index (κ2) is 7.47. The van der Waals surface area contributed by atoms with Crippen molar-refractivity contribution in [3.63, 3.8) is 0 Å². The molecular weight excluding hydrogens is 288 g/mol. The molecule has 3 rings (SSSR count). The van der Waals surface area contributed by atoms with Crippen molar-refractivity contribution in [2.24, 2.45) is 5.92 Å². The second-order valence-corrected chi connectivity index (χ2v) is 7.21. The molecule has 0 spiro atoms. The van der Waals surface area contributed by atoms with Gasteiger partial charge in [-0.05, 0) is 64.6 Å². The molecule has 1 amide bonds. The molecule has 0 radical (unpaired) electrons. The lowest BCUT2D eigenvalue weighted by Gasteiger charge is -2.44. The first-order valence-electron chi connectivity index (χ1n) is 9.15. The van der Waals surface area contributed by atoms with Gasteiger partial charge in [0.1, 0.15) is 0 Å². The van der Waals surface area contributed by atoms with Gasteiger partial charge in [-0.25, -0.2) is 0 Å². The van der Waals surface area contributed by atoms with Crippen LogP contribution in [-0.2, 0) is 11.3 Å². The topological polar surface area (TPSA) is 50.2 Å². The molecule has 1 aromatic rings. The first-order valence-corrected chi connectivity index (χ1v) is 9.15. The van der Waals surface area contributed by atoms with Crippen LogP contribution in [0.3, 0.4) is 0 Å². The number of aryl methyl sites for hydroxylation is 3. The Labute approximate surface area is 139 Å². The largest absolute Gasteiger partial charge is 0.356 e. The van der Waals surface area contributed by atoms with Crippen molar-refractivity contribution in [1.29, 1.82) is 0 Å². The number of hydrogen-bond acceptors (Lipinski definition) is 3. The molecule has 0 unspecified atom stereocenters. The first kappa shape index (κ1) is 16.5. The third-order valence-electron chi connectivity index (χ3n) is 5.44. The van der Waals surface area contributed by atoms with Crippen LogP contribution in [0.25, 0.3) is 0 Å². The fraction of sp³-hybridized carbons (Fsp3) is 0.778. The standard InChI is InChI=1S/C18H30N4O/c1-14-12-15(2)22(20-14)11-8-18(23)19-13-16-6-5-10-21-9-4-3-7-17(16)21/h12,16-17H,3-11,13H2,1-2H3,(H,19,23)/t16-,17+/m1/s1. The fourth-order valence-electron chi connectivity index (χ4n) is 4.26. The predicted octanol–water partition coefficient (Wildman–Crippen LogP) is 2.27. The Hall–Kier alpha value is -1.36. The fourth-order valence-corrected chi connectivity index (χ4v) is 4.26. The van der Waals surface area contributed by atoms with E-state index < -0.39 is 0 Å². The molecule has 2 saturated heterocycles. The minimum Gasteiger partial charge on any atom is -0.356 e. The van der Waals surface area contributed by atoms with E-state index in [2.05, 4.69) is 21.4 Å². The highest BCUT2D eigenvalue weighted by atomic mass is 16.1. The van der Waals surface area contributed by atoms with E-state index in [0.29, 0.717) is 24.9 Å². The summed E-state index contributed by atoms with van der Waals surface area (Å²) in [7, 11) is 0. The van der Waals surface area contributed by atoms with E-state index in [-0.39, 0.29) is 5.91 Å². The number of hydrogen-bond donors (Lipinski definition) is 1. The average molecular weight is 318 g/mol. The summed E-state index contributed by atoms with van der Waals surface area (Å²) >= 11 is 0. The molecular formula is C18H30N4O. The maximum Gasteiger partial charge on any atom is 0.221 e. The lowest BCUT2D eigenvalue weighted by atomic mass is 9.83. The molecule has 2 atom stereocenters. The van der Waals surface area contributed by atoms with Crippen molar-refractivity contribution in [2.45, 2.75) is 65.0 Å². The summed E-state index contributed by atoms with van der Waals surface area (Å²) in [6, 6.07) is 2.76. The number of fused-ring (bicyclic) bond motifs is 1. The normalized spacial score (nSPS) is 25.1. The molecule has 5 nitrogen and oxygen atoms in total. The van der Waals surface area contributed by atoms with Gasteiger partial charge in [-0.2, -0.15) is 5.10 Å². The van der Waals surface area contributed by atoms with Gasteiger partial charge < -0.3 is 10.2 Å². The van der Waals surface area contributed by atoms with Crippen LogP contribution in [-0.4, -0.2) is 46.3 Å². The summed E-state index contributed by atoms with van der Waals surface area (Å²) in [6.45, 7) is 8.06. The third-order valence-corrected chi connectivity index (χ3v) is 5.44. The number of carbonyl (C=O) groups excluding carboxylic acids is 1. The molecule has 0 saturated carbocycles. The van der Waals surface area contributed by atoms with E-state index in [9.17, 15) is 4.79 Å². The lowest BCUT2D eigenvalue weighted by molar-refractivity contribution is -0.121. The van der Waals surface area contributed by atoms with E-state index in [1.165, 1.54) is 45.2 Å². The zero-order valence-corrected chi connectivity index (χ0v) is 14.6. The van der Waals surface area contributed by atoms with Gasteiger partial charge in [-0.3, -0.25) is 9.48 Å². The molecule has 1 N–H and O–H groups in total. The Morgan fingerprint density at radius 1 is 1.26 bits per heavy atom. The van der Waals surface area contributed by atoms with Gasteiger partial charge in [-0.15, -0.1) is 0 Å². The average Bonchev–Trinajstić information content (AvgIpc) is 2.88. The van der Waals surface area contributed by atoms with Crippen LogP contribution in [0.1, 0.15) is 49.9 Å². The number of rotatable bonds is 5. The molecule has 128 valence electrons. The van der Waals surface area contributed by atoms with Crippen LogP contribution in [0.2, 0.25) is 0 Å². The number of carbonyl (C=O) groups is 1. The van der Waals surface area contributed by atoms with E-state index in [4.69, 9.17) is 0 Å². The van der Waals surface area contributed by atoms with Crippen LogP contribution in [0.15, 0.2) is 6.07 Å². The summed E-state index contributed by atoms with van der Waals surface area (Å²) < 4.78 is 1.93. The second-order valence-electron chi connectivity index (χ2n) is 7.21. The Morgan fingerprint density at radius 3 is 2.87 bits per heavy atom. The monoisotopic (exact) mass is 318 g/mol. The van der Waals surface area contributed by atoms with Crippen LogP contribution in [0, 0.1) is 19.8 Å². The number of amides is 1. The molecule has 0 aromatic carbocycles. The highest BCUT2D eigenvalue weighted by molar-refractivity contribution is 5.75. The zero-order chi connectivity index (χ0) is 16.2. The van der Waals surface area contributed by atoms with Crippen molar-refractivity contribution in [2.75, 3.05) is 19.6 Å². The van der Waals surface area contributed by atoms with Gasteiger partial charge in [0.2, 0.25) is 5.91 Å². The Balaban J connectivity index is 1.44. The van der Waals surface area contributed by atoms with E-state index in [1.807, 2.05) is 18.5 Å². The summed E-state index contributed by atoms with van der Waals surface area (Å²) in [4.78, 5) is 14.8. The molecule has 2 aliphatic rings. The molecule has 23 heavy (non-hydrogen) atoms. The van der Waals surface area contributed by atoms with Gasteiger partial charge in [0.05, 0.1) is 5.69 Å². The molecule has 0 aliphatic carbocycles. The zero-order valence-electron chi connectivity index (χ0n) is 14.6. The van der Waals surface area contributed by atoms with Crippen molar-refractivity contribution in [1.82, 2.24) is 20.0 Å². The molecule has 2 aliphatic heterocycles. The molecule has 2 fully saturated rings. The van der Waals surface area contributed by atoms with Gasteiger partial charge in [0.15, 0.2) is 0 Å². The van der Waals surface area contributed by atoms with Crippen LogP contribution in [0.5, 0.6) is 0 Å². The summed E-state index contributed by atoms with van der Waals surface area (Å²) in [5, 5.41) is 7.59. The molecule has 3 heterocycles. The maximum atomic E-state index is 12.2. The summed E-state index contributed by atoms with van der Waals surface area (Å²) in [5.41, 5.74) is 2.14. The minimum atomic E-state index is 0.158. The van der Waals surface area contributed by atoms with Crippen LogP contribution in [0.4, 0.5) is 0 Å². The minimum absolute atomic E-state index is 0.158. The summed E-state index contributed by atoms with van der Waals surface area (Å²) in [6.07, 6.45) is 7.07. The van der Waals surface area contributed by atoms with Crippen molar-refractivity contribution in [3.05, 3.63) is 17.5 Å². The number of piperidine rings is 2. The predicted molar refractivity (Wildman–Crippen MR) is 91.3 cm³/mol. The molecule has 1 aromatic heterocycles. The highest BCUT2D eigenvalue weighted by Crippen LogP contribution is 2.30. The number of nitrogens with zero attached hydrogens (tertiary/aromatic N) is 3. The highest BCUT2D eigenvalue weighted by Gasteiger charge is 2.32. The van der Waals surface area contributed by atoms with Gasteiger partial charge >= 0.3 is 0 Å². The van der Waals surface area contributed by atoms with Crippen molar-refractivity contribution in [3.8, 4) is 0 Å². The number of aromatic nitrogens is 2.